The van der Waals surface area contributed by atoms with Crippen molar-refractivity contribution in [1.29, 1.82) is 0 Å². The summed E-state index contributed by atoms with van der Waals surface area (Å²) >= 11 is 0. The van der Waals surface area contributed by atoms with E-state index in [0.717, 1.165) is 22.9 Å². The molecule has 2 atom stereocenters. The summed E-state index contributed by atoms with van der Waals surface area (Å²) in [5.74, 6) is -0.347. The summed E-state index contributed by atoms with van der Waals surface area (Å²) in [6, 6.07) is 7.05. The number of H-pyrrole nitrogens is 1. The van der Waals surface area contributed by atoms with Gasteiger partial charge in [-0.1, -0.05) is 25.1 Å². The van der Waals surface area contributed by atoms with Gasteiger partial charge in [0, 0.05) is 36.1 Å². The van der Waals surface area contributed by atoms with Crippen molar-refractivity contribution in [2.75, 3.05) is 6.54 Å². The number of urea groups is 1. The lowest BCUT2D eigenvalue weighted by Gasteiger charge is -2.14. The fourth-order valence-corrected chi connectivity index (χ4v) is 3.28. The molecule has 27 heavy (non-hydrogen) atoms. The van der Waals surface area contributed by atoms with Gasteiger partial charge in [-0.2, -0.15) is 0 Å². The number of hydrogen-bond donors (Lipinski definition) is 3. The average Bonchev–Trinajstić information content (AvgIpc) is 3.19. The van der Waals surface area contributed by atoms with Crippen molar-refractivity contribution in [3.63, 3.8) is 0 Å². The number of carbonyl (C=O) groups is 3. The number of hydrogen-bond acceptors (Lipinski definition) is 3. The highest BCUT2D eigenvalue weighted by Gasteiger charge is 2.37. The van der Waals surface area contributed by atoms with Crippen molar-refractivity contribution >= 4 is 28.7 Å². The van der Waals surface area contributed by atoms with Crippen LogP contribution in [0.5, 0.6) is 0 Å². The van der Waals surface area contributed by atoms with Crippen LogP contribution in [0.2, 0.25) is 0 Å². The summed E-state index contributed by atoms with van der Waals surface area (Å²) in [6.07, 6.45) is 3.89. The lowest BCUT2D eigenvalue weighted by atomic mass is 10.1. The lowest BCUT2D eigenvalue weighted by molar-refractivity contribution is -0.127. The molecule has 1 saturated heterocycles. The Labute approximate surface area is 158 Å². The minimum absolute atomic E-state index is 0.0939. The summed E-state index contributed by atoms with van der Waals surface area (Å²) in [6.45, 7) is 4.26. The fraction of sp³-hybridized carbons (Fsp3) is 0.450. The molecule has 7 heteroatoms. The predicted molar refractivity (Wildman–Crippen MR) is 103 cm³/mol. The van der Waals surface area contributed by atoms with E-state index < -0.39 is 6.04 Å². The number of nitrogens with zero attached hydrogens (tertiary/aromatic N) is 1. The summed E-state index contributed by atoms with van der Waals surface area (Å²) in [7, 11) is 0. The molecule has 1 aromatic carbocycles. The third-order valence-corrected chi connectivity index (χ3v) is 5.07. The van der Waals surface area contributed by atoms with Gasteiger partial charge in [-0.3, -0.25) is 14.5 Å². The first kappa shape index (κ1) is 18.9. The summed E-state index contributed by atoms with van der Waals surface area (Å²) in [5, 5.41) is 6.66. The van der Waals surface area contributed by atoms with Crippen molar-refractivity contribution in [1.82, 2.24) is 20.5 Å². The van der Waals surface area contributed by atoms with E-state index in [2.05, 4.69) is 15.6 Å². The first-order chi connectivity index (χ1) is 13.0. The molecule has 3 N–H and O–H groups in total. The van der Waals surface area contributed by atoms with Crippen molar-refractivity contribution in [3.05, 3.63) is 36.0 Å². The SMILES string of the molecule is CC[C@H](C)NC(=O)CC[C@@H]1NC(=O)N(CCc2c[nH]c3ccccc23)C1=O. The van der Waals surface area contributed by atoms with E-state index in [1.54, 1.807) is 0 Å². The smallest absolute Gasteiger partial charge is 0.324 e. The van der Waals surface area contributed by atoms with E-state index in [4.69, 9.17) is 0 Å². The number of nitrogens with one attached hydrogen (secondary N) is 3. The molecular formula is C20H26N4O3. The van der Waals surface area contributed by atoms with Crippen molar-refractivity contribution in [3.8, 4) is 0 Å². The molecule has 144 valence electrons. The Hall–Kier alpha value is -2.83. The fourth-order valence-electron chi connectivity index (χ4n) is 3.28. The number of benzene rings is 1. The first-order valence-corrected chi connectivity index (χ1v) is 9.45. The van der Waals surface area contributed by atoms with Crippen molar-refractivity contribution in [2.45, 2.75) is 51.6 Å². The van der Waals surface area contributed by atoms with Gasteiger partial charge in [0.2, 0.25) is 5.91 Å². The minimum Gasteiger partial charge on any atom is -0.361 e. The van der Waals surface area contributed by atoms with Crippen LogP contribution in [0.1, 0.15) is 38.7 Å². The van der Waals surface area contributed by atoms with E-state index in [-0.39, 0.29) is 30.3 Å². The van der Waals surface area contributed by atoms with E-state index in [1.165, 1.54) is 4.90 Å². The third-order valence-electron chi connectivity index (χ3n) is 5.07. The predicted octanol–water partition coefficient (Wildman–Crippen LogP) is 2.33. The molecule has 2 heterocycles. The number of rotatable bonds is 8. The maximum Gasteiger partial charge on any atom is 0.324 e. The molecule has 1 aliphatic heterocycles. The minimum atomic E-state index is -0.622. The van der Waals surface area contributed by atoms with Crippen LogP contribution in [0.25, 0.3) is 10.9 Å². The largest absolute Gasteiger partial charge is 0.361 e. The first-order valence-electron chi connectivity index (χ1n) is 9.45. The second-order valence-electron chi connectivity index (χ2n) is 7.02. The number of amides is 4. The Bertz CT molecular complexity index is 845. The summed E-state index contributed by atoms with van der Waals surface area (Å²) in [4.78, 5) is 41.0. The second kappa shape index (κ2) is 8.24. The number of para-hydroxylation sites is 1. The maximum atomic E-state index is 12.5. The Morgan fingerprint density at radius 1 is 1.30 bits per heavy atom. The molecule has 0 aliphatic carbocycles. The third kappa shape index (κ3) is 4.30. The zero-order valence-electron chi connectivity index (χ0n) is 15.7. The molecule has 3 rings (SSSR count). The van der Waals surface area contributed by atoms with Crippen LogP contribution >= 0.6 is 0 Å². The molecule has 1 fully saturated rings. The molecule has 0 unspecified atom stereocenters. The highest BCUT2D eigenvalue weighted by molar-refractivity contribution is 6.04. The molecule has 2 aromatic rings. The van der Waals surface area contributed by atoms with E-state index >= 15 is 0 Å². The van der Waals surface area contributed by atoms with Crippen LogP contribution in [0, 0.1) is 0 Å². The van der Waals surface area contributed by atoms with Crippen LogP contribution in [0.4, 0.5) is 4.79 Å². The Morgan fingerprint density at radius 2 is 2.07 bits per heavy atom. The molecule has 1 aromatic heterocycles. The number of aromatic amines is 1. The van der Waals surface area contributed by atoms with E-state index in [1.807, 2.05) is 44.3 Å². The van der Waals surface area contributed by atoms with E-state index in [0.29, 0.717) is 19.4 Å². The summed E-state index contributed by atoms with van der Waals surface area (Å²) in [5.41, 5.74) is 2.11. The van der Waals surface area contributed by atoms with Crippen LogP contribution < -0.4 is 10.6 Å². The molecule has 0 spiro atoms. The molecule has 0 radical (unpaired) electrons. The van der Waals surface area contributed by atoms with Gasteiger partial charge in [0.1, 0.15) is 6.04 Å². The van der Waals surface area contributed by atoms with Crippen LogP contribution in [0.15, 0.2) is 30.5 Å². The molecule has 0 saturated carbocycles. The Morgan fingerprint density at radius 3 is 2.85 bits per heavy atom. The van der Waals surface area contributed by atoms with Gasteiger partial charge in [0.15, 0.2) is 0 Å². The maximum absolute atomic E-state index is 12.5. The van der Waals surface area contributed by atoms with Gasteiger partial charge in [-0.15, -0.1) is 0 Å². The quantitative estimate of drug-likeness (QED) is 0.623. The second-order valence-corrected chi connectivity index (χ2v) is 7.02. The topological polar surface area (TPSA) is 94.3 Å². The molecular weight excluding hydrogens is 344 g/mol. The van der Waals surface area contributed by atoms with E-state index in [9.17, 15) is 14.4 Å². The molecule has 0 bridgehead atoms. The van der Waals surface area contributed by atoms with Gasteiger partial charge in [0.25, 0.3) is 5.91 Å². The van der Waals surface area contributed by atoms with Gasteiger partial charge in [-0.25, -0.2) is 4.79 Å². The highest BCUT2D eigenvalue weighted by atomic mass is 16.2. The lowest BCUT2D eigenvalue weighted by Crippen LogP contribution is -2.35. The summed E-state index contributed by atoms with van der Waals surface area (Å²) < 4.78 is 0. The highest BCUT2D eigenvalue weighted by Crippen LogP contribution is 2.19. The monoisotopic (exact) mass is 370 g/mol. The zero-order valence-corrected chi connectivity index (χ0v) is 15.7. The number of imide groups is 1. The Kier molecular flexibility index (Phi) is 5.78. The van der Waals surface area contributed by atoms with Crippen LogP contribution in [-0.4, -0.2) is 46.4 Å². The van der Waals surface area contributed by atoms with Gasteiger partial charge < -0.3 is 15.6 Å². The zero-order chi connectivity index (χ0) is 19.4. The number of carbonyl (C=O) groups excluding carboxylic acids is 3. The molecule has 7 nitrogen and oxygen atoms in total. The average molecular weight is 370 g/mol. The normalized spacial score (nSPS) is 18.0. The van der Waals surface area contributed by atoms with Gasteiger partial charge in [-0.05, 0) is 37.8 Å². The van der Waals surface area contributed by atoms with Gasteiger partial charge >= 0.3 is 6.03 Å². The number of aromatic nitrogens is 1. The van der Waals surface area contributed by atoms with Crippen molar-refractivity contribution < 1.29 is 14.4 Å². The van der Waals surface area contributed by atoms with Crippen molar-refractivity contribution in [2.24, 2.45) is 0 Å². The Balaban J connectivity index is 1.54. The standard InChI is InChI=1S/C20H26N4O3/c1-3-13(2)22-18(25)9-8-17-19(26)24(20(27)23-17)11-10-14-12-21-16-7-5-4-6-15(14)16/h4-7,12-13,17,21H,3,8-11H2,1-2H3,(H,22,25)(H,23,27)/t13-,17-/m0/s1. The number of fused-ring (bicyclic) bond motifs is 1. The molecule has 1 aliphatic rings. The van der Waals surface area contributed by atoms with Gasteiger partial charge in [0.05, 0.1) is 0 Å². The van der Waals surface area contributed by atoms with Crippen LogP contribution in [-0.2, 0) is 16.0 Å². The molecule has 4 amide bonds. The van der Waals surface area contributed by atoms with Crippen LogP contribution in [0.3, 0.4) is 0 Å².